The Balaban J connectivity index is 1.99. The van der Waals surface area contributed by atoms with Crippen LogP contribution in [-0.2, 0) is 6.54 Å². The first-order chi connectivity index (χ1) is 7.55. The van der Waals surface area contributed by atoms with E-state index in [0.717, 1.165) is 32.5 Å². The minimum atomic E-state index is -0.138. The SMILES string of the molecule is CC1(C)CC(O)CCN(Cc2cncs2)C1. The predicted molar refractivity (Wildman–Crippen MR) is 66.4 cm³/mol. The average Bonchev–Trinajstić information content (AvgIpc) is 2.60. The molecule has 2 heterocycles. The quantitative estimate of drug-likeness (QED) is 0.860. The molecule has 1 atom stereocenters. The lowest BCUT2D eigenvalue weighted by atomic mass is 9.87. The molecule has 16 heavy (non-hydrogen) atoms. The molecule has 90 valence electrons. The van der Waals surface area contributed by atoms with E-state index in [2.05, 4.69) is 23.7 Å². The van der Waals surface area contributed by atoms with Crippen molar-refractivity contribution in [2.24, 2.45) is 5.41 Å². The van der Waals surface area contributed by atoms with E-state index in [9.17, 15) is 5.11 Å². The number of hydrogen-bond donors (Lipinski definition) is 1. The van der Waals surface area contributed by atoms with Crippen LogP contribution in [-0.4, -0.2) is 34.2 Å². The molecule has 4 heteroatoms. The van der Waals surface area contributed by atoms with Crippen molar-refractivity contribution >= 4 is 11.3 Å². The lowest BCUT2D eigenvalue weighted by Gasteiger charge is -2.29. The molecule has 0 spiro atoms. The van der Waals surface area contributed by atoms with Gasteiger partial charge in [-0.05, 0) is 18.3 Å². The molecular weight excluding hydrogens is 220 g/mol. The van der Waals surface area contributed by atoms with E-state index in [4.69, 9.17) is 0 Å². The predicted octanol–water partition coefficient (Wildman–Crippen LogP) is 2.13. The van der Waals surface area contributed by atoms with Gasteiger partial charge >= 0.3 is 0 Å². The second kappa shape index (κ2) is 4.82. The zero-order valence-electron chi connectivity index (χ0n) is 10.0. The van der Waals surface area contributed by atoms with Gasteiger partial charge in [-0.2, -0.15) is 0 Å². The summed E-state index contributed by atoms with van der Waals surface area (Å²) in [5.41, 5.74) is 2.09. The highest BCUT2D eigenvalue weighted by Crippen LogP contribution is 2.29. The average molecular weight is 240 g/mol. The molecule has 1 aliphatic rings. The fraction of sp³-hybridized carbons (Fsp3) is 0.750. The molecular formula is C12H20N2OS. The first-order valence-electron chi connectivity index (χ1n) is 5.83. The van der Waals surface area contributed by atoms with E-state index < -0.39 is 0 Å². The maximum Gasteiger partial charge on any atom is 0.0794 e. The van der Waals surface area contributed by atoms with Crippen LogP contribution in [0.25, 0.3) is 0 Å². The highest BCUT2D eigenvalue weighted by molar-refractivity contribution is 7.09. The van der Waals surface area contributed by atoms with Gasteiger partial charge in [0.15, 0.2) is 0 Å². The zero-order valence-corrected chi connectivity index (χ0v) is 10.8. The molecule has 1 aliphatic heterocycles. The molecule has 1 saturated heterocycles. The molecule has 0 aliphatic carbocycles. The van der Waals surface area contributed by atoms with Crippen LogP contribution in [0, 0.1) is 5.41 Å². The summed E-state index contributed by atoms with van der Waals surface area (Å²) in [5, 5.41) is 9.83. The molecule has 1 unspecified atom stereocenters. The van der Waals surface area contributed by atoms with Crippen LogP contribution in [0.2, 0.25) is 0 Å². The highest BCUT2D eigenvalue weighted by Gasteiger charge is 2.29. The van der Waals surface area contributed by atoms with Crippen LogP contribution in [0.1, 0.15) is 31.6 Å². The van der Waals surface area contributed by atoms with Crippen molar-refractivity contribution in [1.82, 2.24) is 9.88 Å². The molecule has 0 amide bonds. The van der Waals surface area contributed by atoms with Crippen LogP contribution in [0.3, 0.4) is 0 Å². The Hall–Kier alpha value is -0.450. The van der Waals surface area contributed by atoms with E-state index in [-0.39, 0.29) is 11.5 Å². The number of aliphatic hydroxyl groups excluding tert-OH is 1. The number of aliphatic hydroxyl groups is 1. The van der Waals surface area contributed by atoms with Gasteiger partial charge in [-0.25, -0.2) is 0 Å². The summed E-state index contributed by atoms with van der Waals surface area (Å²) in [7, 11) is 0. The van der Waals surface area contributed by atoms with Crippen molar-refractivity contribution < 1.29 is 5.11 Å². The summed E-state index contributed by atoms with van der Waals surface area (Å²) in [4.78, 5) is 7.85. The standard InChI is InChI=1S/C12H20N2OS/c1-12(2)5-10(15)3-4-14(8-12)7-11-6-13-9-16-11/h6,9-10,15H,3-5,7-8H2,1-2H3. The molecule has 2 rings (SSSR count). The van der Waals surface area contributed by atoms with Crippen LogP contribution in [0.5, 0.6) is 0 Å². The molecule has 0 aromatic carbocycles. The van der Waals surface area contributed by atoms with Gasteiger partial charge in [0.2, 0.25) is 0 Å². The summed E-state index contributed by atoms with van der Waals surface area (Å²) in [6.07, 6.45) is 3.61. The van der Waals surface area contributed by atoms with Crippen LogP contribution >= 0.6 is 11.3 Å². The van der Waals surface area contributed by atoms with E-state index >= 15 is 0 Å². The van der Waals surface area contributed by atoms with Crippen molar-refractivity contribution in [2.75, 3.05) is 13.1 Å². The van der Waals surface area contributed by atoms with Crippen LogP contribution in [0.4, 0.5) is 0 Å². The van der Waals surface area contributed by atoms with Crippen molar-refractivity contribution in [2.45, 2.75) is 39.3 Å². The van der Waals surface area contributed by atoms with Crippen molar-refractivity contribution in [1.29, 1.82) is 0 Å². The van der Waals surface area contributed by atoms with Crippen molar-refractivity contribution in [3.05, 3.63) is 16.6 Å². The molecule has 1 N–H and O–H groups in total. The number of likely N-dealkylation sites (tertiary alicyclic amines) is 1. The summed E-state index contributed by atoms with van der Waals surface area (Å²) in [6, 6.07) is 0. The maximum atomic E-state index is 9.83. The largest absolute Gasteiger partial charge is 0.393 e. The van der Waals surface area contributed by atoms with Crippen molar-refractivity contribution in [3.63, 3.8) is 0 Å². The smallest absolute Gasteiger partial charge is 0.0794 e. The summed E-state index contributed by atoms with van der Waals surface area (Å²) < 4.78 is 0. The maximum absolute atomic E-state index is 9.83. The molecule has 0 bridgehead atoms. The second-order valence-corrected chi connectivity index (χ2v) is 6.46. The van der Waals surface area contributed by atoms with Gasteiger partial charge in [0.25, 0.3) is 0 Å². The Labute approximate surface area is 101 Å². The monoisotopic (exact) mass is 240 g/mol. The van der Waals surface area contributed by atoms with Gasteiger partial charge in [0, 0.05) is 30.7 Å². The number of aromatic nitrogens is 1. The normalized spacial score (nSPS) is 26.6. The molecule has 1 aromatic heterocycles. The lowest BCUT2D eigenvalue weighted by Crippen LogP contribution is -2.32. The summed E-state index contributed by atoms with van der Waals surface area (Å²) in [6.45, 7) is 7.49. The number of hydrogen-bond acceptors (Lipinski definition) is 4. The Morgan fingerprint density at radius 3 is 3.12 bits per heavy atom. The van der Waals surface area contributed by atoms with Crippen LogP contribution in [0.15, 0.2) is 11.7 Å². The first-order valence-corrected chi connectivity index (χ1v) is 6.71. The Bertz CT molecular complexity index is 324. The van der Waals surface area contributed by atoms with Crippen LogP contribution < -0.4 is 0 Å². The van der Waals surface area contributed by atoms with Gasteiger partial charge in [-0.1, -0.05) is 13.8 Å². The summed E-state index contributed by atoms with van der Waals surface area (Å²) in [5.74, 6) is 0. The van der Waals surface area contributed by atoms with Gasteiger partial charge in [0.05, 0.1) is 11.6 Å². The Kier molecular flexibility index (Phi) is 3.62. The number of rotatable bonds is 2. The third kappa shape index (κ3) is 3.27. The lowest BCUT2D eigenvalue weighted by molar-refractivity contribution is 0.121. The third-order valence-electron chi connectivity index (χ3n) is 3.08. The second-order valence-electron chi connectivity index (χ2n) is 5.49. The highest BCUT2D eigenvalue weighted by atomic mass is 32.1. The Morgan fingerprint density at radius 2 is 2.44 bits per heavy atom. The van der Waals surface area contributed by atoms with E-state index in [1.807, 2.05) is 11.7 Å². The minimum Gasteiger partial charge on any atom is -0.393 e. The Morgan fingerprint density at radius 1 is 1.62 bits per heavy atom. The van der Waals surface area contributed by atoms with E-state index in [1.54, 1.807) is 11.3 Å². The third-order valence-corrected chi connectivity index (χ3v) is 3.85. The zero-order chi connectivity index (χ0) is 11.6. The van der Waals surface area contributed by atoms with Gasteiger partial charge in [0.1, 0.15) is 0 Å². The van der Waals surface area contributed by atoms with Gasteiger partial charge < -0.3 is 5.11 Å². The number of nitrogens with zero attached hydrogens (tertiary/aromatic N) is 2. The molecule has 3 nitrogen and oxygen atoms in total. The molecule has 0 radical (unpaired) electrons. The van der Waals surface area contributed by atoms with E-state index in [0.29, 0.717) is 0 Å². The van der Waals surface area contributed by atoms with Gasteiger partial charge in [-0.3, -0.25) is 9.88 Å². The van der Waals surface area contributed by atoms with E-state index in [1.165, 1.54) is 4.88 Å². The minimum absolute atomic E-state index is 0.138. The fourth-order valence-electron chi connectivity index (χ4n) is 2.50. The fourth-order valence-corrected chi connectivity index (χ4v) is 3.13. The van der Waals surface area contributed by atoms with Crippen molar-refractivity contribution in [3.8, 4) is 0 Å². The molecule has 1 aromatic rings. The first kappa shape index (κ1) is 12.0. The number of thiazole rings is 1. The molecule has 1 fully saturated rings. The summed E-state index contributed by atoms with van der Waals surface area (Å²) >= 11 is 1.71. The van der Waals surface area contributed by atoms with Gasteiger partial charge in [-0.15, -0.1) is 11.3 Å². The topological polar surface area (TPSA) is 36.4 Å². The molecule has 0 saturated carbocycles.